The fourth-order valence-corrected chi connectivity index (χ4v) is 2.61. The Bertz CT molecular complexity index is 513. The summed E-state index contributed by atoms with van der Waals surface area (Å²) in [5.41, 5.74) is 2.62. The Balaban J connectivity index is 1.89. The van der Waals surface area contributed by atoms with Crippen molar-refractivity contribution >= 4 is 11.3 Å². The second-order valence-electron chi connectivity index (χ2n) is 4.36. The van der Waals surface area contributed by atoms with Gasteiger partial charge in [-0.25, -0.2) is 0 Å². The van der Waals surface area contributed by atoms with Crippen LogP contribution in [0.15, 0.2) is 24.3 Å². The van der Waals surface area contributed by atoms with Gasteiger partial charge in [0.05, 0.1) is 6.61 Å². The zero-order chi connectivity index (χ0) is 13.5. The molecule has 0 saturated carbocycles. The molecule has 0 saturated heterocycles. The zero-order valence-corrected chi connectivity index (χ0v) is 12.2. The van der Waals surface area contributed by atoms with Crippen molar-refractivity contribution in [2.75, 3.05) is 20.3 Å². The molecule has 0 spiro atoms. The molecule has 0 amide bonds. The molecule has 2 rings (SSSR count). The SMILES string of the molecule is COCCNCc1nnc(Cc2ccccc2C)s1. The monoisotopic (exact) mass is 277 g/mol. The summed E-state index contributed by atoms with van der Waals surface area (Å²) in [5, 5.41) is 13.8. The average Bonchev–Trinajstić information content (AvgIpc) is 2.85. The van der Waals surface area contributed by atoms with Crippen LogP contribution in [-0.4, -0.2) is 30.5 Å². The highest BCUT2D eigenvalue weighted by Crippen LogP contribution is 2.16. The van der Waals surface area contributed by atoms with E-state index in [-0.39, 0.29) is 0 Å². The summed E-state index contributed by atoms with van der Waals surface area (Å²) in [6.07, 6.45) is 0.864. The van der Waals surface area contributed by atoms with Crippen LogP contribution in [0.25, 0.3) is 0 Å². The molecule has 0 aliphatic heterocycles. The molecule has 0 bridgehead atoms. The lowest BCUT2D eigenvalue weighted by Crippen LogP contribution is -2.18. The van der Waals surface area contributed by atoms with Crippen LogP contribution in [-0.2, 0) is 17.7 Å². The highest BCUT2D eigenvalue weighted by molar-refractivity contribution is 7.11. The number of hydrogen-bond acceptors (Lipinski definition) is 5. The molecule has 1 heterocycles. The number of ether oxygens (including phenoxy) is 1. The van der Waals surface area contributed by atoms with Crippen LogP contribution < -0.4 is 5.32 Å². The molecule has 0 atom stereocenters. The van der Waals surface area contributed by atoms with Gasteiger partial charge < -0.3 is 10.1 Å². The summed E-state index contributed by atoms with van der Waals surface area (Å²) >= 11 is 1.67. The molecule has 0 aliphatic carbocycles. The number of hydrogen-bond donors (Lipinski definition) is 1. The molecule has 1 N–H and O–H groups in total. The number of nitrogens with one attached hydrogen (secondary N) is 1. The molecule has 0 radical (unpaired) electrons. The van der Waals surface area contributed by atoms with Crippen LogP contribution in [0.1, 0.15) is 21.1 Å². The lowest BCUT2D eigenvalue weighted by atomic mass is 10.1. The fraction of sp³-hybridized carbons (Fsp3) is 0.429. The van der Waals surface area contributed by atoms with E-state index in [0.717, 1.165) is 36.1 Å². The number of methoxy groups -OCH3 is 1. The summed E-state index contributed by atoms with van der Waals surface area (Å²) in [6, 6.07) is 8.40. The first-order valence-electron chi connectivity index (χ1n) is 6.35. The first-order valence-corrected chi connectivity index (χ1v) is 7.16. The van der Waals surface area contributed by atoms with Crippen LogP contribution in [0.3, 0.4) is 0 Å². The number of benzene rings is 1. The summed E-state index contributed by atoms with van der Waals surface area (Å²) in [4.78, 5) is 0. The molecule has 1 aromatic carbocycles. The number of aryl methyl sites for hydroxylation is 1. The van der Waals surface area contributed by atoms with Gasteiger partial charge in [0.2, 0.25) is 0 Å². The zero-order valence-electron chi connectivity index (χ0n) is 11.3. The largest absolute Gasteiger partial charge is 0.383 e. The quantitative estimate of drug-likeness (QED) is 0.788. The second-order valence-corrected chi connectivity index (χ2v) is 5.51. The Kier molecular flexibility index (Phi) is 5.44. The van der Waals surface area contributed by atoms with Crippen molar-refractivity contribution in [1.29, 1.82) is 0 Å². The average molecular weight is 277 g/mol. The molecule has 4 nitrogen and oxygen atoms in total. The van der Waals surface area contributed by atoms with Crippen LogP contribution in [0.5, 0.6) is 0 Å². The minimum atomic E-state index is 0.717. The number of nitrogens with zero attached hydrogens (tertiary/aromatic N) is 2. The van der Waals surface area contributed by atoms with Gasteiger partial charge in [-0.05, 0) is 18.1 Å². The van der Waals surface area contributed by atoms with Gasteiger partial charge in [-0.3, -0.25) is 0 Å². The van der Waals surface area contributed by atoms with E-state index in [1.54, 1.807) is 18.4 Å². The maximum atomic E-state index is 4.98. The van der Waals surface area contributed by atoms with E-state index in [1.807, 2.05) is 0 Å². The maximum Gasteiger partial charge on any atom is 0.131 e. The highest BCUT2D eigenvalue weighted by Gasteiger charge is 2.06. The van der Waals surface area contributed by atoms with E-state index < -0.39 is 0 Å². The molecule has 102 valence electrons. The molecule has 5 heteroatoms. The maximum absolute atomic E-state index is 4.98. The van der Waals surface area contributed by atoms with Crippen molar-refractivity contribution < 1.29 is 4.74 Å². The van der Waals surface area contributed by atoms with Gasteiger partial charge in [0.15, 0.2) is 0 Å². The van der Waals surface area contributed by atoms with Gasteiger partial charge >= 0.3 is 0 Å². The third kappa shape index (κ3) is 4.38. The Labute approximate surface area is 117 Å². The molecule has 0 fully saturated rings. The summed E-state index contributed by atoms with van der Waals surface area (Å²) in [5.74, 6) is 0. The lowest BCUT2D eigenvalue weighted by molar-refractivity contribution is 0.199. The number of rotatable bonds is 7. The van der Waals surface area contributed by atoms with Gasteiger partial charge in [0, 0.05) is 26.6 Å². The third-order valence-corrected chi connectivity index (χ3v) is 3.79. The van der Waals surface area contributed by atoms with Crippen molar-refractivity contribution in [3.8, 4) is 0 Å². The fourth-order valence-electron chi connectivity index (χ4n) is 1.77. The Morgan fingerprint density at radius 2 is 2.00 bits per heavy atom. The second kappa shape index (κ2) is 7.33. The van der Waals surface area contributed by atoms with Crippen molar-refractivity contribution in [3.63, 3.8) is 0 Å². The smallest absolute Gasteiger partial charge is 0.131 e. The van der Waals surface area contributed by atoms with Crippen molar-refractivity contribution in [2.24, 2.45) is 0 Å². The molecule has 1 aromatic heterocycles. The minimum absolute atomic E-state index is 0.717. The van der Waals surface area contributed by atoms with E-state index in [4.69, 9.17) is 4.74 Å². The lowest BCUT2D eigenvalue weighted by Gasteiger charge is -2.01. The molecule has 0 unspecified atom stereocenters. The minimum Gasteiger partial charge on any atom is -0.383 e. The van der Waals surface area contributed by atoms with Gasteiger partial charge in [0.25, 0.3) is 0 Å². The van der Waals surface area contributed by atoms with Crippen LogP contribution in [0.2, 0.25) is 0 Å². The molecule has 19 heavy (non-hydrogen) atoms. The normalized spacial score (nSPS) is 10.8. The van der Waals surface area contributed by atoms with E-state index in [9.17, 15) is 0 Å². The van der Waals surface area contributed by atoms with E-state index in [2.05, 4.69) is 46.7 Å². The Hall–Kier alpha value is -1.30. The number of aromatic nitrogens is 2. The topological polar surface area (TPSA) is 47.0 Å². The predicted octanol–water partition coefficient (Wildman–Crippen LogP) is 2.17. The molecular weight excluding hydrogens is 258 g/mol. The van der Waals surface area contributed by atoms with E-state index in [1.165, 1.54) is 11.1 Å². The van der Waals surface area contributed by atoms with Crippen LogP contribution >= 0.6 is 11.3 Å². The highest BCUT2D eigenvalue weighted by atomic mass is 32.1. The summed E-state index contributed by atoms with van der Waals surface area (Å²) in [6.45, 7) is 4.44. The standard InChI is InChI=1S/C14H19N3OS/c1-11-5-3-4-6-12(11)9-13-16-17-14(19-13)10-15-7-8-18-2/h3-6,15H,7-10H2,1-2H3. The van der Waals surface area contributed by atoms with Gasteiger partial charge in [-0.2, -0.15) is 0 Å². The van der Waals surface area contributed by atoms with Gasteiger partial charge in [-0.1, -0.05) is 35.6 Å². The predicted molar refractivity (Wildman–Crippen MR) is 77.5 cm³/mol. The Morgan fingerprint density at radius 1 is 1.21 bits per heavy atom. The van der Waals surface area contributed by atoms with Crippen molar-refractivity contribution in [1.82, 2.24) is 15.5 Å². The van der Waals surface area contributed by atoms with Crippen molar-refractivity contribution in [3.05, 3.63) is 45.4 Å². The molecule has 0 aliphatic rings. The van der Waals surface area contributed by atoms with Crippen LogP contribution in [0, 0.1) is 6.92 Å². The first-order chi connectivity index (χ1) is 9.29. The van der Waals surface area contributed by atoms with Crippen molar-refractivity contribution in [2.45, 2.75) is 19.9 Å². The summed E-state index contributed by atoms with van der Waals surface area (Å²) < 4.78 is 4.98. The first kappa shape index (κ1) is 14.1. The summed E-state index contributed by atoms with van der Waals surface area (Å²) in [7, 11) is 1.70. The van der Waals surface area contributed by atoms with E-state index in [0.29, 0.717) is 0 Å². The van der Waals surface area contributed by atoms with E-state index >= 15 is 0 Å². The van der Waals surface area contributed by atoms with Crippen LogP contribution in [0.4, 0.5) is 0 Å². The Morgan fingerprint density at radius 3 is 2.79 bits per heavy atom. The van der Waals surface area contributed by atoms with Gasteiger partial charge in [-0.15, -0.1) is 10.2 Å². The third-order valence-electron chi connectivity index (χ3n) is 2.87. The molecule has 2 aromatic rings. The van der Waals surface area contributed by atoms with Gasteiger partial charge in [0.1, 0.15) is 10.0 Å². The molecular formula is C14H19N3OS.